The number of anilines is 2. The summed E-state index contributed by atoms with van der Waals surface area (Å²) in [5.41, 5.74) is 0.645. The van der Waals surface area contributed by atoms with E-state index < -0.39 is 17.5 Å². The van der Waals surface area contributed by atoms with E-state index in [9.17, 15) is 18.4 Å². The zero-order valence-electron chi connectivity index (χ0n) is 18.7. The van der Waals surface area contributed by atoms with Gasteiger partial charge in [-0.2, -0.15) is 5.10 Å². The molecular weight excluding hydrogens is 456 g/mol. The van der Waals surface area contributed by atoms with Crippen LogP contribution in [0.15, 0.2) is 60.8 Å². The Morgan fingerprint density at radius 3 is 2.43 bits per heavy atom. The fourth-order valence-electron chi connectivity index (χ4n) is 4.22. The highest BCUT2D eigenvalue weighted by atomic mass is 19.1. The summed E-state index contributed by atoms with van der Waals surface area (Å²) in [6.07, 6.45) is 1.98. The molecular formula is C25H23F2N5O3. The van der Waals surface area contributed by atoms with Crippen molar-refractivity contribution < 1.29 is 23.1 Å². The van der Waals surface area contributed by atoms with Crippen LogP contribution in [0.3, 0.4) is 0 Å². The van der Waals surface area contributed by atoms with E-state index in [1.54, 1.807) is 30.5 Å². The van der Waals surface area contributed by atoms with Crippen molar-refractivity contribution >= 4 is 23.3 Å². The molecule has 2 amide bonds. The van der Waals surface area contributed by atoms with Crippen LogP contribution in [-0.4, -0.2) is 59.2 Å². The van der Waals surface area contributed by atoms with Crippen molar-refractivity contribution in [3.63, 3.8) is 0 Å². The van der Waals surface area contributed by atoms with Crippen LogP contribution >= 0.6 is 0 Å². The first-order valence-corrected chi connectivity index (χ1v) is 11.3. The zero-order valence-corrected chi connectivity index (χ0v) is 18.7. The van der Waals surface area contributed by atoms with Crippen molar-refractivity contribution in [3.8, 4) is 5.75 Å². The van der Waals surface area contributed by atoms with Crippen molar-refractivity contribution in [2.45, 2.75) is 12.5 Å². The Labute approximate surface area is 200 Å². The lowest BCUT2D eigenvalue weighted by molar-refractivity contribution is -0.120. The number of benzene rings is 2. The van der Waals surface area contributed by atoms with Crippen LogP contribution in [-0.2, 0) is 4.79 Å². The van der Waals surface area contributed by atoms with E-state index in [1.807, 2.05) is 17.0 Å². The monoisotopic (exact) mass is 479 g/mol. The van der Waals surface area contributed by atoms with Crippen LogP contribution in [0.2, 0.25) is 0 Å². The van der Waals surface area contributed by atoms with Gasteiger partial charge in [0.05, 0.1) is 12.5 Å². The van der Waals surface area contributed by atoms with Gasteiger partial charge in [-0.05, 0) is 48.5 Å². The number of hydrogen-bond acceptors (Lipinski definition) is 6. The largest absolute Gasteiger partial charge is 0.489 e. The van der Waals surface area contributed by atoms with Crippen molar-refractivity contribution in [3.05, 3.63) is 78.0 Å². The number of ether oxygens (including phenoxy) is 1. The van der Waals surface area contributed by atoms with Gasteiger partial charge >= 0.3 is 0 Å². The minimum atomic E-state index is -0.785. The highest BCUT2D eigenvalue weighted by molar-refractivity contribution is 5.95. The summed E-state index contributed by atoms with van der Waals surface area (Å²) in [7, 11) is 0. The molecule has 0 unspecified atom stereocenters. The molecule has 10 heteroatoms. The van der Waals surface area contributed by atoms with E-state index in [4.69, 9.17) is 4.74 Å². The Hall–Kier alpha value is -4.08. The SMILES string of the molecule is O=C(Nc1ccc(O[C@@H]2CCN(C(=O)c3cc(F)cc(F)c3)C2)cc1)C1CN(c2cccnn2)C1. The van der Waals surface area contributed by atoms with E-state index in [0.29, 0.717) is 44.0 Å². The molecule has 0 aliphatic carbocycles. The third kappa shape index (κ3) is 5.21. The summed E-state index contributed by atoms with van der Waals surface area (Å²) >= 11 is 0. The highest BCUT2D eigenvalue weighted by Crippen LogP contribution is 2.25. The van der Waals surface area contributed by atoms with Crippen LogP contribution in [0.4, 0.5) is 20.3 Å². The molecule has 3 heterocycles. The average molecular weight is 479 g/mol. The molecule has 0 radical (unpaired) electrons. The number of rotatable bonds is 6. The van der Waals surface area contributed by atoms with Gasteiger partial charge in [-0.1, -0.05) is 0 Å². The first-order chi connectivity index (χ1) is 16.9. The summed E-state index contributed by atoms with van der Waals surface area (Å²) in [4.78, 5) is 28.6. The quantitative estimate of drug-likeness (QED) is 0.585. The lowest BCUT2D eigenvalue weighted by Gasteiger charge is -2.38. The van der Waals surface area contributed by atoms with Crippen LogP contribution in [0.25, 0.3) is 0 Å². The van der Waals surface area contributed by atoms with Gasteiger partial charge < -0.3 is 19.9 Å². The fourth-order valence-corrected chi connectivity index (χ4v) is 4.22. The number of carbonyl (C=O) groups excluding carboxylic acids is 2. The number of amides is 2. The summed E-state index contributed by atoms with van der Waals surface area (Å²) in [6.45, 7) is 1.93. The molecule has 0 bridgehead atoms. The highest BCUT2D eigenvalue weighted by Gasteiger charge is 2.33. The number of hydrogen-bond donors (Lipinski definition) is 1. The first kappa shape index (κ1) is 22.7. The Bertz CT molecular complexity index is 1200. The second kappa shape index (κ2) is 9.65. The lowest BCUT2D eigenvalue weighted by Crippen LogP contribution is -2.52. The molecule has 1 N–H and O–H groups in total. The van der Waals surface area contributed by atoms with Crippen molar-refractivity contribution in [1.29, 1.82) is 0 Å². The van der Waals surface area contributed by atoms with Crippen LogP contribution in [0, 0.1) is 17.6 Å². The molecule has 1 atom stereocenters. The molecule has 5 rings (SSSR count). The van der Waals surface area contributed by atoms with Gasteiger partial charge in [-0.3, -0.25) is 9.59 Å². The number of aromatic nitrogens is 2. The summed E-state index contributed by atoms with van der Waals surface area (Å²) in [6, 6.07) is 13.5. The van der Waals surface area contributed by atoms with Crippen molar-refractivity contribution in [2.75, 3.05) is 36.4 Å². The molecule has 2 fully saturated rings. The molecule has 1 aromatic heterocycles. The Balaban J connectivity index is 1.10. The second-order valence-electron chi connectivity index (χ2n) is 8.64. The van der Waals surface area contributed by atoms with Gasteiger partial charge in [0, 0.05) is 49.6 Å². The molecule has 180 valence electrons. The predicted molar refractivity (Wildman–Crippen MR) is 124 cm³/mol. The number of nitrogens with zero attached hydrogens (tertiary/aromatic N) is 4. The molecule has 0 saturated carbocycles. The lowest BCUT2D eigenvalue weighted by atomic mass is 9.99. The van der Waals surface area contributed by atoms with Gasteiger partial charge in [-0.15, -0.1) is 5.10 Å². The Kier molecular flexibility index (Phi) is 6.26. The van der Waals surface area contributed by atoms with Gasteiger partial charge in [0.15, 0.2) is 5.82 Å². The van der Waals surface area contributed by atoms with E-state index in [0.717, 1.165) is 24.0 Å². The van der Waals surface area contributed by atoms with E-state index in [-0.39, 0.29) is 23.5 Å². The number of halogens is 2. The second-order valence-corrected chi connectivity index (χ2v) is 8.64. The number of nitrogens with one attached hydrogen (secondary N) is 1. The summed E-state index contributed by atoms with van der Waals surface area (Å²) in [5, 5.41) is 10.8. The van der Waals surface area contributed by atoms with Gasteiger partial charge in [0.2, 0.25) is 5.91 Å². The van der Waals surface area contributed by atoms with Gasteiger partial charge in [0.1, 0.15) is 23.5 Å². The Morgan fingerprint density at radius 1 is 1.00 bits per heavy atom. The number of likely N-dealkylation sites (tertiary alicyclic amines) is 1. The predicted octanol–water partition coefficient (Wildman–Crippen LogP) is 3.12. The van der Waals surface area contributed by atoms with Crippen LogP contribution < -0.4 is 15.0 Å². The third-order valence-corrected chi connectivity index (χ3v) is 6.10. The summed E-state index contributed by atoms with van der Waals surface area (Å²) < 4.78 is 32.8. The molecule has 8 nitrogen and oxygen atoms in total. The normalized spacial score (nSPS) is 17.7. The van der Waals surface area contributed by atoms with Crippen molar-refractivity contribution in [2.24, 2.45) is 5.92 Å². The van der Waals surface area contributed by atoms with Crippen molar-refractivity contribution in [1.82, 2.24) is 15.1 Å². The molecule has 2 aliphatic rings. The summed E-state index contributed by atoms with van der Waals surface area (Å²) in [5.74, 6) is -0.814. The average Bonchev–Trinajstić information content (AvgIpc) is 3.27. The van der Waals surface area contributed by atoms with Crippen LogP contribution in [0.1, 0.15) is 16.8 Å². The van der Waals surface area contributed by atoms with E-state index in [2.05, 4.69) is 15.5 Å². The molecule has 0 spiro atoms. The maximum absolute atomic E-state index is 13.4. The first-order valence-electron chi connectivity index (χ1n) is 11.3. The standard InChI is InChI=1S/C25H23F2N5O3/c26-18-10-16(11-19(27)12-18)25(34)31-9-7-22(15-31)35-21-5-3-20(4-6-21)29-24(33)17-13-32(14-17)23-2-1-8-28-30-23/h1-6,8,10-12,17,22H,7,9,13-15H2,(H,29,33)/t22-/m1/s1. The van der Waals surface area contributed by atoms with E-state index in [1.165, 1.54) is 4.90 Å². The van der Waals surface area contributed by atoms with E-state index >= 15 is 0 Å². The van der Waals surface area contributed by atoms with Gasteiger partial charge in [-0.25, -0.2) is 8.78 Å². The Morgan fingerprint density at radius 2 is 1.74 bits per heavy atom. The smallest absolute Gasteiger partial charge is 0.254 e. The molecule has 35 heavy (non-hydrogen) atoms. The third-order valence-electron chi connectivity index (χ3n) is 6.10. The zero-order chi connectivity index (χ0) is 24.4. The minimum Gasteiger partial charge on any atom is -0.489 e. The molecule has 2 aromatic carbocycles. The van der Waals surface area contributed by atoms with Crippen LogP contribution in [0.5, 0.6) is 5.75 Å². The molecule has 2 aliphatic heterocycles. The maximum Gasteiger partial charge on any atom is 0.254 e. The fraction of sp³-hybridized carbons (Fsp3) is 0.280. The number of carbonyl (C=O) groups is 2. The topological polar surface area (TPSA) is 87.7 Å². The maximum atomic E-state index is 13.4. The minimum absolute atomic E-state index is 0.0190. The molecule has 3 aromatic rings. The molecule has 2 saturated heterocycles. The van der Waals surface area contributed by atoms with Gasteiger partial charge in [0.25, 0.3) is 5.91 Å².